The Hall–Kier alpha value is -9.46. The zero-order valence-corrected chi connectivity index (χ0v) is 37.6. The molecule has 1 unspecified atom stereocenters. The second-order valence-electron chi connectivity index (χ2n) is 18.2. The summed E-state index contributed by atoms with van der Waals surface area (Å²) in [7, 11) is 0. The van der Waals surface area contributed by atoms with Crippen LogP contribution in [0.1, 0.15) is 22.3 Å². The highest BCUT2D eigenvalue weighted by molar-refractivity contribution is 6.02. The Morgan fingerprint density at radius 2 is 0.771 bits per heavy atom. The van der Waals surface area contributed by atoms with E-state index in [-0.39, 0.29) is 0 Å². The topological polar surface area (TPSA) is 66.3 Å². The molecule has 326 valence electrons. The minimum Gasteiger partial charge on any atom is -0.292 e. The fourth-order valence-corrected chi connectivity index (χ4v) is 11.8. The smallest absolute Gasteiger partial charge is 0.145 e. The van der Waals surface area contributed by atoms with Crippen molar-refractivity contribution in [2.75, 3.05) is 0 Å². The molecule has 13 aromatic rings. The molecule has 10 aromatic carbocycles. The summed E-state index contributed by atoms with van der Waals surface area (Å²) in [5.74, 6) is 1.71. The van der Waals surface area contributed by atoms with E-state index in [0.717, 1.165) is 84.1 Å². The van der Waals surface area contributed by atoms with Gasteiger partial charge in [-0.1, -0.05) is 157 Å². The lowest BCUT2D eigenvalue weighted by molar-refractivity contribution is 0.788. The zero-order valence-electron chi connectivity index (χ0n) is 37.6. The molecule has 0 bridgehead atoms. The number of para-hydroxylation sites is 7. The largest absolute Gasteiger partial charge is 0.292 e. The van der Waals surface area contributed by atoms with E-state index >= 15 is 0 Å². The Morgan fingerprint density at radius 1 is 0.329 bits per heavy atom. The summed E-state index contributed by atoms with van der Waals surface area (Å²) in [6, 6.07) is 84.8. The van der Waals surface area contributed by atoms with Crippen molar-refractivity contribution in [3.05, 3.63) is 259 Å². The van der Waals surface area contributed by atoms with Crippen LogP contribution < -0.4 is 0 Å². The highest BCUT2D eigenvalue weighted by atomic mass is 15.4. The van der Waals surface area contributed by atoms with E-state index in [1.165, 1.54) is 44.5 Å². The highest BCUT2D eigenvalue weighted by Crippen LogP contribution is 2.65. The number of hydrogen-bond acceptors (Lipinski definition) is 4. The molecule has 15 rings (SSSR count). The molecule has 3 heterocycles. The van der Waals surface area contributed by atoms with Crippen LogP contribution in [0.25, 0.3) is 106 Å². The Labute approximate surface area is 402 Å². The monoisotopic (exact) mass is 893 g/mol. The Morgan fingerprint density at radius 3 is 1.39 bits per heavy atom. The molecule has 7 heteroatoms. The maximum atomic E-state index is 5.44. The predicted molar refractivity (Wildman–Crippen MR) is 281 cm³/mol. The van der Waals surface area contributed by atoms with Gasteiger partial charge >= 0.3 is 0 Å². The maximum absolute atomic E-state index is 5.44. The van der Waals surface area contributed by atoms with Crippen molar-refractivity contribution >= 4 is 33.1 Å². The van der Waals surface area contributed by atoms with Crippen LogP contribution in [0, 0.1) is 0 Å². The van der Waals surface area contributed by atoms with Gasteiger partial charge in [-0.3, -0.25) is 9.13 Å². The molecule has 70 heavy (non-hydrogen) atoms. The quantitative estimate of drug-likeness (QED) is 0.167. The summed E-state index contributed by atoms with van der Waals surface area (Å²) in [5.41, 5.74) is 22.3. The number of benzene rings is 10. The van der Waals surface area contributed by atoms with Crippen LogP contribution in [0.3, 0.4) is 0 Å². The molecule has 2 aliphatic rings. The summed E-state index contributed by atoms with van der Waals surface area (Å²) >= 11 is 0. The lowest BCUT2D eigenvalue weighted by atomic mass is 9.70. The summed E-state index contributed by atoms with van der Waals surface area (Å²) in [6.07, 6.45) is 0. The maximum Gasteiger partial charge on any atom is 0.145 e. The first-order valence-electron chi connectivity index (χ1n) is 23.7. The highest BCUT2D eigenvalue weighted by Gasteiger charge is 2.53. The molecule has 0 saturated carbocycles. The van der Waals surface area contributed by atoms with E-state index in [2.05, 4.69) is 239 Å². The molecular formula is C63H39N7. The molecule has 0 radical (unpaired) electrons. The van der Waals surface area contributed by atoms with Gasteiger partial charge in [0.25, 0.3) is 0 Å². The van der Waals surface area contributed by atoms with Gasteiger partial charge in [-0.25, -0.2) is 14.6 Å². The second kappa shape index (κ2) is 14.8. The first-order valence-corrected chi connectivity index (χ1v) is 23.7. The average Bonchev–Trinajstić information content (AvgIpc) is 4.25. The fraction of sp³-hybridized carbons (Fsp3) is 0.0159. The SMILES string of the molecule is c1ccc(-n2c(-c3cc(-c4cccc5c4-c4ccccc4C54c5ccccc5-c5c(-n6nnc7ccccc76)cccc54)cc(-c4nc5ccccc5n4-c4ccccc4)c3)nc3ccccc32)cc1. The van der Waals surface area contributed by atoms with Crippen LogP contribution in [0.5, 0.6) is 0 Å². The van der Waals surface area contributed by atoms with Crippen molar-refractivity contribution in [1.29, 1.82) is 0 Å². The lowest BCUT2D eigenvalue weighted by Crippen LogP contribution is -2.25. The first kappa shape index (κ1) is 38.6. The summed E-state index contributed by atoms with van der Waals surface area (Å²) in [5, 5.41) is 9.38. The fourth-order valence-electron chi connectivity index (χ4n) is 11.8. The summed E-state index contributed by atoms with van der Waals surface area (Å²) < 4.78 is 6.60. The lowest BCUT2D eigenvalue weighted by Gasteiger charge is -2.30. The molecule has 2 aliphatic carbocycles. The third-order valence-corrected chi connectivity index (χ3v) is 14.6. The van der Waals surface area contributed by atoms with Crippen LogP contribution in [-0.2, 0) is 5.41 Å². The van der Waals surface area contributed by atoms with Crippen LogP contribution in [0.15, 0.2) is 237 Å². The van der Waals surface area contributed by atoms with Gasteiger partial charge in [-0.05, 0) is 135 Å². The van der Waals surface area contributed by atoms with Gasteiger partial charge in [0.15, 0.2) is 0 Å². The average molecular weight is 894 g/mol. The van der Waals surface area contributed by atoms with Crippen molar-refractivity contribution in [2.45, 2.75) is 5.41 Å². The third kappa shape index (κ3) is 5.34. The predicted octanol–water partition coefficient (Wildman–Crippen LogP) is 14.4. The number of fused-ring (bicyclic) bond motifs is 13. The van der Waals surface area contributed by atoms with Gasteiger partial charge in [-0.15, -0.1) is 5.10 Å². The Bertz CT molecular complexity index is 4120. The number of nitrogens with zero attached hydrogens (tertiary/aromatic N) is 7. The van der Waals surface area contributed by atoms with Crippen LogP contribution in [0.2, 0.25) is 0 Å². The van der Waals surface area contributed by atoms with Crippen LogP contribution in [-0.4, -0.2) is 34.1 Å². The van der Waals surface area contributed by atoms with Gasteiger partial charge in [-0.2, -0.15) is 0 Å². The van der Waals surface area contributed by atoms with Gasteiger partial charge in [0.05, 0.1) is 38.7 Å². The van der Waals surface area contributed by atoms with E-state index in [1.807, 2.05) is 16.8 Å². The van der Waals surface area contributed by atoms with Gasteiger partial charge < -0.3 is 0 Å². The van der Waals surface area contributed by atoms with Crippen molar-refractivity contribution in [1.82, 2.24) is 34.1 Å². The van der Waals surface area contributed by atoms with Crippen LogP contribution in [0.4, 0.5) is 0 Å². The molecule has 0 N–H and O–H groups in total. The first-order chi connectivity index (χ1) is 34.7. The zero-order chi connectivity index (χ0) is 45.9. The van der Waals surface area contributed by atoms with E-state index < -0.39 is 5.41 Å². The third-order valence-electron chi connectivity index (χ3n) is 14.6. The summed E-state index contributed by atoms with van der Waals surface area (Å²) in [6.45, 7) is 0. The molecule has 1 atom stereocenters. The van der Waals surface area contributed by atoms with Crippen molar-refractivity contribution in [2.24, 2.45) is 0 Å². The van der Waals surface area contributed by atoms with E-state index in [1.54, 1.807) is 0 Å². The van der Waals surface area contributed by atoms with Crippen molar-refractivity contribution < 1.29 is 0 Å². The van der Waals surface area contributed by atoms with E-state index in [4.69, 9.17) is 15.2 Å². The molecule has 1 spiro atoms. The molecule has 7 nitrogen and oxygen atoms in total. The number of hydrogen-bond donors (Lipinski definition) is 0. The van der Waals surface area contributed by atoms with E-state index in [0.29, 0.717) is 0 Å². The van der Waals surface area contributed by atoms with Crippen LogP contribution >= 0.6 is 0 Å². The van der Waals surface area contributed by atoms with Gasteiger partial charge in [0.2, 0.25) is 0 Å². The molecule has 3 aromatic heterocycles. The molecule has 0 fully saturated rings. The molecule has 0 aliphatic heterocycles. The minimum absolute atomic E-state index is 0.608. The second-order valence-corrected chi connectivity index (χ2v) is 18.2. The van der Waals surface area contributed by atoms with Gasteiger partial charge in [0.1, 0.15) is 17.2 Å². The Kier molecular flexibility index (Phi) is 8.15. The minimum atomic E-state index is -0.608. The molecule has 0 amide bonds. The number of aromatic nitrogens is 7. The Balaban J connectivity index is 1.03. The number of imidazole rings is 2. The summed E-state index contributed by atoms with van der Waals surface area (Å²) in [4.78, 5) is 10.9. The van der Waals surface area contributed by atoms with Crippen molar-refractivity contribution in [3.8, 4) is 73.2 Å². The normalized spacial score (nSPS) is 14.3. The molecule has 0 saturated heterocycles. The van der Waals surface area contributed by atoms with Crippen molar-refractivity contribution in [3.63, 3.8) is 0 Å². The number of rotatable bonds is 6. The van der Waals surface area contributed by atoms with E-state index in [9.17, 15) is 0 Å². The standard InChI is InChI=1S/C63H39N7/c1-3-19-43(20-4-1)68-55-33-14-11-30-52(55)64-61(68)41-37-40(38-42(39-41)62-65-53-31-12-15-34-56(53)69(62)44-21-5-2-6-22-44)45-25-17-28-50-59(45)46-23-7-9-26-48(46)63(50)49-27-10-8-24-47(49)60-51(63)29-18-36-58(60)70-57-35-16-13-32-54(57)66-67-70/h1-39H. The van der Waals surface area contributed by atoms with Gasteiger partial charge in [0, 0.05) is 28.1 Å². The molecular weight excluding hydrogens is 855 g/mol.